The zero-order valence-corrected chi connectivity index (χ0v) is 14.1. The van der Waals surface area contributed by atoms with E-state index in [1.807, 2.05) is 20.8 Å². The number of rotatable bonds is 0. The summed E-state index contributed by atoms with van der Waals surface area (Å²) in [6.07, 6.45) is -1.36. The zero-order chi connectivity index (χ0) is 18.8. The third-order valence-electron chi connectivity index (χ3n) is 3.84. The fraction of sp³-hybridized carbons (Fsp3) is 0.471. The molecule has 1 aliphatic rings. The first-order chi connectivity index (χ1) is 11.5. The molecular formula is C17H18F3N3O2. The van der Waals surface area contributed by atoms with E-state index in [0.717, 1.165) is 18.0 Å². The van der Waals surface area contributed by atoms with Gasteiger partial charge in [-0.05, 0) is 5.41 Å². The molecule has 0 radical (unpaired) electrons. The normalized spacial score (nSPS) is 18.2. The van der Waals surface area contributed by atoms with Crippen molar-refractivity contribution in [3.8, 4) is 11.8 Å². The maximum atomic E-state index is 12.4. The summed E-state index contributed by atoms with van der Waals surface area (Å²) < 4.78 is 37.3. The molecule has 0 aromatic carbocycles. The number of amides is 1. The lowest BCUT2D eigenvalue weighted by Gasteiger charge is -2.40. The van der Waals surface area contributed by atoms with Crippen LogP contribution in [-0.4, -0.2) is 38.7 Å². The molecule has 1 N–H and O–H groups in total. The first-order valence-corrected chi connectivity index (χ1v) is 7.58. The Morgan fingerprint density at radius 3 is 2.32 bits per heavy atom. The average Bonchev–Trinajstić information content (AvgIpc) is 2.51. The van der Waals surface area contributed by atoms with Crippen molar-refractivity contribution < 1.29 is 23.1 Å². The van der Waals surface area contributed by atoms with Gasteiger partial charge in [-0.15, -0.1) is 0 Å². The molecule has 1 unspecified atom stereocenters. The summed E-state index contributed by atoms with van der Waals surface area (Å²) >= 11 is 0. The van der Waals surface area contributed by atoms with Crippen LogP contribution in [0.25, 0.3) is 0 Å². The number of aromatic nitrogens is 2. The molecule has 2 heterocycles. The zero-order valence-electron chi connectivity index (χ0n) is 14.1. The molecule has 0 aliphatic carbocycles. The number of alkyl halides is 3. The van der Waals surface area contributed by atoms with Crippen LogP contribution in [0.2, 0.25) is 0 Å². The Morgan fingerprint density at radius 2 is 1.84 bits per heavy atom. The van der Waals surface area contributed by atoms with Gasteiger partial charge in [-0.1, -0.05) is 38.7 Å². The van der Waals surface area contributed by atoms with E-state index >= 15 is 0 Å². The maximum Gasteiger partial charge on any atom is 0.451 e. The molecule has 0 fully saturated rings. The van der Waals surface area contributed by atoms with Gasteiger partial charge in [0.2, 0.25) is 5.82 Å². The van der Waals surface area contributed by atoms with Crippen molar-refractivity contribution in [1.82, 2.24) is 14.9 Å². The third kappa shape index (κ3) is 4.72. The van der Waals surface area contributed by atoms with Crippen LogP contribution in [0, 0.1) is 17.3 Å². The van der Waals surface area contributed by atoms with Gasteiger partial charge in [0.05, 0.1) is 5.56 Å². The second-order valence-electron chi connectivity index (χ2n) is 6.79. The first-order valence-electron chi connectivity index (χ1n) is 7.58. The number of hydrogen-bond donors (Lipinski definition) is 1. The van der Waals surface area contributed by atoms with Crippen LogP contribution >= 0.6 is 0 Å². The highest BCUT2D eigenvalue weighted by Crippen LogP contribution is 2.32. The molecular weight excluding hydrogens is 335 g/mol. The van der Waals surface area contributed by atoms with Gasteiger partial charge in [-0.25, -0.2) is 14.8 Å². The van der Waals surface area contributed by atoms with E-state index in [4.69, 9.17) is 0 Å². The van der Waals surface area contributed by atoms with E-state index in [-0.39, 0.29) is 23.6 Å². The van der Waals surface area contributed by atoms with E-state index in [2.05, 4.69) is 21.8 Å². The molecule has 25 heavy (non-hydrogen) atoms. The first kappa shape index (κ1) is 18.8. The van der Waals surface area contributed by atoms with E-state index in [1.54, 1.807) is 6.08 Å². The maximum absolute atomic E-state index is 12.4. The standard InChI is InChI=1S/C17H18F3N3O2/c1-16(2,3)13-8-11(6-7-23(13)15(24)25)4-5-12-9-21-14(22-10-12)17(18,19)20/h6,9-10,13H,7-8H2,1-3H3,(H,24,25). The molecule has 0 saturated carbocycles. The summed E-state index contributed by atoms with van der Waals surface area (Å²) in [6.45, 7) is 6.08. The SMILES string of the molecule is CC(C)(C)C1CC(C#Cc2cnc(C(F)(F)F)nc2)=CCN1C(=O)O. The van der Waals surface area contributed by atoms with Crippen molar-refractivity contribution >= 4 is 6.09 Å². The van der Waals surface area contributed by atoms with E-state index < -0.39 is 18.1 Å². The van der Waals surface area contributed by atoms with Crippen molar-refractivity contribution in [2.24, 2.45) is 5.41 Å². The lowest BCUT2D eigenvalue weighted by molar-refractivity contribution is -0.145. The molecule has 1 aliphatic heterocycles. The van der Waals surface area contributed by atoms with Crippen LogP contribution in [0.1, 0.15) is 38.6 Å². The van der Waals surface area contributed by atoms with Crippen LogP contribution < -0.4 is 0 Å². The predicted octanol–water partition coefficient (Wildman–Crippen LogP) is 3.57. The molecule has 8 heteroatoms. The molecule has 1 amide bonds. The van der Waals surface area contributed by atoms with E-state index in [0.29, 0.717) is 6.42 Å². The average molecular weight is 353 g/mol. The summed E-state index contributed by atoms with van der Waals surface area (Å²) in [5, 5.41) is 9.31. The molecule has 0 saturated heterocycles. The predicted molar refractivity (Wildman–Crippen MR) is 84.6 cm³/mol. The van der Waals surface area contributed by atoms with Gasteiger partial charge in [0.25, 0.3) is 0 Å². The third-order valence-corrected chi connectivity index (χ3v) is 3.84. The van der Waals surface area contributed by atoms with Crippen LogP contribution in [0.3, 0.4) is 0 Å². The molecule has 0 spiro atoms. The Kier molecular flexibility index (Phi) is 5.07. The van der Waals surface area contributed by atoms with Gasteiger partial charge in [-0.2, -0.15) is 13.2 Å². The van der Waals surface area contributed by atoms with Gasteiger partial charge in [0.15, 0.2) is 0 Å². The van der Waals surface area contributed by atoms with Gasteiger partial charge in [-0.3, -0.25) is 0 Å². The number of carbonyl (C=O) groups is 1. The summed E-state index contributed by atoms with van der Waals surface area (Å²) in [5.41, 5.74) is 0.746. The van der Waals surface area contributed by atoms with Gasteiger partial charge in [0.1, 0.15) is 0 Å². The van der Waals surface area contributed by atoms with Crippen molar-refractivity contribution in [3.63, 3.8) is 0 Å². The Bertz CT molecular complexity index is 738. The highest BCUT2D eigenvalue weighted by Gasteiger charge is 2.36. The molecule has 134 valence electrons. The molecule has 1 atom stereocenters. The highest BCUT2D eigenvalue weighted by atomic mass is 19.4. The number of halogens is 3. The van der Waals surface area contributed by atoms with Crippen LogP contribution in [-0.2, 0) is 6.18 Å². The van der Waals surface area contributed by atoms with Gasteiger partial charge < -0.3 is 10.0 Å². The second kappa shape index (κ2) is 6.75. The lowest BCUT2D eigenvalue weighted by atomic mass is 9.80. The smallest absolute Gasteiger partial charge is 0.451 e. The van der Waals surface area contributed by atoms with Gasteiger partial charge in [0, 0.05) is 37.0 Å². The van der Waals surface area contributed by atoms with E-state index in [1.165, 1.54) is 4.90 Å². The van der Waals surface area contributed by atoms with Crippen LogP contribution in [0.5, 0.6) is 0 Å². The van der Waals surface area contributed by atoms with Crippen molar-refractivity contribution in [2.75, 3.05) is 6.54 Å². The minimum Gasteiger partial charge on any atom is -0.465 e. The molecule has 5 nitrogen and oxygen atoms in total. The fourth-order valence-electron chi connectivity index (χ4n) is 2.52. The summed E-state index contributed by atoms with van der Waals surface area (Å²) in [5.74, 6) is 4.41. The minimum absolute atomic E-state index is 0.227. The topological polar surface area (TPSA) is 66.3 Å². The fourth-order valence-corrected chi connectivity index (χ4v) is 2.52. The molecule has 2 rings (SSSR count). The van der Waals surface area contributed by atoms with Crippen LogP contribution in [0.4, 0.5) is 18.0 Å². The molecule has 1 aromatic rings. The quantitative estimate of drug-likeness (QED) is 0.724. The molecule has 1 aromatic heterocycles. The van der Waals surface area contributed by atoms with Crippen molar-refractivity contribution in [1.29, 1.82) is 0 Å². The highest BCUT2D eigenvalue weighted by molar-refractivity contribution is 5.66. The molecule has 0 bridgehead atoms. The summed E-state index contributed by atoms with van der Waals surface area (Å²) in [7, 11) is 0. The van der Waals surface area contributed by atoms with Crippen molar-refractivity contribution in [3.05, 3.63) is 35.4 Å². The summed E-state index contributed by atoms with van der Waals surface area (Å²) in [4.78, 5) is 19.2. The Balaban J connectivity index is 2.19. The monoisotopic (exact) mass is 353 g/mol. The van der Waals surface area contributed by atoms with Crippen LogP contribution in [0.15, 0.2) is 24.0 Å². The number of hydrogen-bond acceptors (Lipinski definition) is 3. The lowest BCUT2D eigenvalue weighted by Crippen LogP contribution is -2.49. The number of carboxylic acid groups (broad SMARTS) is 1. The Morgan fingerprint density at radius 1 is 1.24 bits per heavy atom. The number of nitrogens with zero attached hydrogens (tertiary/aromatic N) is 3. The van der Waals surface area contributed by atoms with E-state index in [9.17, 15) is 23.1 Å². The minimum atomic E-state index is -4.59. The van der Waals surface area contributed by atoms with Crippen molar-refractivity contribution in [2.45, 2.75) is 39.4 Å². The largest absolute Gasteiger partial charge is 0.465 e. The Labute approximate surface area is 143 Å². The van der Waals surface area contributed by atoms with Gasteiger partial charge >= 0.3 is 12.3 Å². The summed E-state index contributed by atoms with van der Waals surface area (Å²) in [6, 6.07) is -0.233. The Hall–Kier alpha value is -2.56. The second-order valence-corrected chi connectivity index (χ2v) is 6.79.